The van der Waals surface area contributed by atoms with Gasteiger partial charge in [-0.2, -0.15) is 0 Å². The Morgan fingerprint density at radius 1 is 0.867 bits per heavy atom. The molecule has 2 aromatic carbocycles. The van der Waals surface area contributed by atoms with Crippen molar-refractivity contribution in [2.24, 2.45) is 11.8 Å². The fourth-order valence-electron chi connectivity index (χ4n) is 5.29. The zero-order valence-electron chi connectivity index (χ0n) is 17.8. The number of rotatable bonds is 6. The van der Waals surface area contributed by atoms with E-state index in [-0.39, 0.29) is 5.82 Å². The van der Waals surface area contributed by atoms with Crippen LogP contribution >= 0.6 is 0 Å². The average Bonchev–Trinajstić information content (AvgIpc) is 2.76. The molecule has 0 unspecified atom stereocenters. The van der Waals surface area contributed by atoms with Gasteiger partial charge in [-0.1, -0.05) is 75.3 Å². The minimum absolute atomic E-state index is 0.303. The van der Waals surface area contributed by atoms with Crippen LogP contribution in [0.15, 0.2) is 42.0 Å². The van der Waals surface area contributed by atoms with Crippen molar-refractivity contribution in [3.8, 4) is 11.1 Å². The van der Waals surface area contributed by atoms with Gasteiger partial charge in [-0.15, -0.1) is 0 Å². The van der Waals surface area contributed by atoms with E-state index in [1.807, 2.05) is 6.07 Å². The molecule has 0 N–H and O–H groups in total. The van der Waals surface area contributed by atoms with E-state index >= 15 is 4.39 Å². The van der Waals surface area contributed by atoms with Crippen LogP contribution in [-0.2, 0) is 12.8 Å². The second-order valence-electron chi connectivity index (χ2n) is 9.15. The number of halogens is 3. The van der Waals surface area contributed by atoms with Crippen molar-refractivity contribution in [1.82, 2.24) is 0 Å². The predicted octanol–water partition coefficient (Wildman–Crippen LogP) is 8.18. The van der Waals surface area contributed by atoms with Crippen molar-refractivity contribution in [2.45, 2.75) is 71.1 Å². The molecule has 0 atom stereocenters. The molecule has 0 aromatic heterocycles. The number of benzene rings is 2. The maximum atomic E-state index is 15.1. The Labute approximate surface area is 178 Å². The van der Waals surface area contributed by atoms with Gasteiger partial charge < -0.3 is 0 Å². The topological polar surface area (TPSA) is 0 Å². The molecule has 0 heterocycles. The third kappa shape index (κ3) is 4.66. The number of hydrogen-bond acceptors (Lipinski definition) is 0. The lowest BCUT2D eigenvalue weighted by Gasteiger charge is -2.29. The first-order valence-corrected chi connectivity index (χ1v) is 11.5. The second-order valence-corrected chi connectivity index (χ2v) is 9.15. The SMILES string of the molecule is CCCC1CCC(CCC2=CCc3c(ccc(-c4ccc(F)c(F)c4)c3F)C2)CC1. The van der Waals surface area contributed by atoms with Crippen molar-refractivity contribution >= 4 is 0 Å². The molecule has 4 rings (SSSR count). The van der Waals surface area contributed by atoms with Gasteiger partial charge in [0.1, 0.15) is 5.82 Å². The van der Waals surface area contributed by atoms with Crippen molar-refractivity contribution in [1.29, 1.82) is 0 Å². The van der Waals surface area contributed by atoms with Gasteiger partial charge in [0.25, 0.3) is 0 Å². The molecule has 0 saturated heterocycles. The van der Waals surface area contributed by atoms with Gasteiger partial charge in [0, 0.05) is 5.56 Å². The lowest BCUT2D eigenvalue weighted by Crippen LogP contribution is -2.15. The van der Waals surface area contributed by atoms with Crippen LogP contribution in [0.1, 0.15) is 69.4 Å². The molecule has 0 amide bonds. The normalized spacial score (nSPS) is 21.3. The zero-order valence-corrected chi connectivity index (χ0v) is 17.8. The summed E-state index contributed by atoms with van der Waals surface area (Å²) in [7, 11) is 0. The van der Waals surface area contributed by atoms with Gasteiger partial charge in [-0.25, -0.2) is 13.2 Å². The van der Waals surface area contributed by atoms with Crippen molar-refractivity contribution < 1.29 is 13.2 Å². The summed E-state index contributed by atoms with van der Waals surface area (Å²) in [5.41, 5.74) is 3.86. The molecule has 0 spiro atoms. The largest absolute Gasteiger partial charge is 0.206 e. The standard InChI is InChI=1S/C27H31F3/c1-2-3-18-4-6-19(7-5-18)8-9-20-10-13-23-21(16-20)11-14-24(27(23)30)22-12-15-25(28)26(29)17-22/h10-12,14-15,17-19H,2-9,13,16H2,1H3. The quantitative estimate of drug-likeness (QED) is 0.420. The Balaban J connectivity index is 1.39. The number of hydrogen-bond donors (Lipinski definition) is 0. The first-order valence-electron chi connectivity index (χ1n) is 11.5. The summed E-state index contributed by atoms with van der Waals surface area (Å²) in [6.45, 7) is 2.28. The van der Waals surface area contributed by atoms with Gasteiger partial charge in [-0.3, -0.25) is 0 Å². The highest BCUT2D eigenvalue weighted by atomic mass is 19.2. The fraction of sp³-hybridized carbons (Fsp3) is 0.481. The summed E-state index contributed by atoms with van der Waals surface area (Å²) >= 11 is 0. The Hall–Kier alpha value is -2.03. The first kappa shape index (κ1) is 21.2. The number of allylic oxidation sites excluding steroid dienone is 2. The molecule has 0 nitrogen and oxygen atoms in total. The van der Waals surface area contributed by atoms with Gasteiger partial charge in [-0.05, 0) is 66.3 Å². The molecule has 2 aromatic rings. The summed E-state index contributed by atoms with van der Waals surface area (Å²) < 4.78 is 41.9. The minimum Gasteiger partial charge on any atom is -0.206 e. The van der Waals surface area contributed by atoms with Crippen LogP contribution in [0.25, 0.3) is 11.1 Å². The molecule has 30 heavy (non-hydrogen) atoms. The smallest absolute Gasteiger partial charge is 0.159 e. The highest BCUT2D eigenvalue weighted by molar-refractivity contribution is 5.66. The van der Waals surface area contributed by atoms with Crippen LogP contribution < -0.4 is 0 Å². The maximum Gasteiger partial charge on any atom is 0.159 e. The third-order valence-electron chi connectivity index (χ3n) is 7.12. The Morgan fingerprint density at radius 3 is 2.30 bits per heavy atom. The van der Waals surface area contributed by atoms with E-state index < -0.39 is 11.6 Å². The van der Waals surface area contributed by atoms with E-state index in [2.05, 4.69) is 13.0 Å². The van der Waals surface area contributed by atoms with Crippen molar-refractivity contribution in [3.05, 3.63) is 70.6 Å². The molecular weight excluding hydrogens is 381 g/mol. The minimum atomic E-state index is -0.949. The van der Waals surface area contributed by atoms with Crippen LogP contribution in [0.4, 0.5) is 13.2 Å². The molecule has 1 saturated carbocycles. The number of fused-ring (bicyclic) bond motifs is 1. The molecule has 0 aliphatic heterocycles. The van der Waals surface area contributed by atoms with Crippen LogP contribution in [0.5, 0.6) is 0 Å². The van der Waals surface area contributed by atoms with E-state index in [4.69, 9.17) is 0 Å². The van der Waals surface area contributed by atoms with Crippen LogP contribution in [-0.4, -0.2) is 0 Å². The Kier molecular flexibility index (Phi) is 6.65. The molecule has 2 aliphatic rings. The summed E-state index contributed by atoms with van der Waals surface area (Å²) in [5, 5.41) is 0. The highest BCUT2D eigenvalue weighted by Gasteiger charge is 2.22. The van der Waals surface area contributed by atoms with E-state index in [1.165, 1.54) is 56.6 Å². The molecule has 1 fully saturated rings. The molecule has 0 bridgehead atoms. The van der Waals surface area contributed by atoms with Crippen LogP contribution in [0.2, 0.25) is 0 Å². The lowest BCUT2D eigenvalue weighted by molar-refractivity contribution is 0.252. The zero-order chi connectivity index (χ0) is 21.1. The molecular formula is C27H31F3. The van der Waals surface area contributed by atoms with E-state index in [1.54, 1.807) is 6.07 Å². The van der Waals surface area contributed by atoms with Gasteiger partial charge in [0.2, 0.25) is 0 Å². The molecule has 160 valence electrons. The Bertz CT molecular complexity index is 920. The van der Waals surface area contributed by atoms with E-state index in [0.29, 0.717) is 23.1 Å². The lowest BCUT2D eigenvalue weighted by atomic mass is 9.77. The maximum absolute atomic E-state index is 15.1. The van der Waals surface area contributed by atoms with E-state index in [0.717, 1.165) is 42.4 Å². The fourth-order valence-corrected chi connectivity index (χ4v) is 5.29. The van der Waals surface area contributed by atoms with E-state index in [9.17, 15) is 8.78 Å². The molecule has 3 heteroatoms. The van der Waals surface area contributed by atoms with Gasteiger partial charge in [0.15, 0.2) is 11.6 Å². The monoisotopic (exact) mass is 412 g/mol. The second kappa shape index (κ2) is 9.41. The van der Waals surface area contributed by atoms with Crippen LogP contribution in [0.3, 0.4) is 0 Å². The van der Waals surface area contributed by atoms with Gasteiger partial charge >= 0.3 is 0 Å². The summed E-state index contributed by atoms with van der Waals surface area (Å²) in [6, 6.07) is 7.22. The third-order valence-corrected chi connectivity index (χ3v) is 7.12. The first-order chi connectivity index (χ1) is 14.5. The highest BCUT2D eigenvalue weighted by Crippen LogP contribution is 2.36. The average molecular weight is 413 g/mol. The summed E-state index contributed by atoms with van der Waals surface area (Å²) in [5.74, 6) is -0.381. The van der Waals surface area contributed by atoms with Crippen molar-refractivity contribution in [2.75, 3.05) is 0 Å². The van der Waals surface area contributed by atoms with Gasteiger partial charge in [0.05, 0.1) is 0 Å². The van der Waals surface area contributed by atoms with Crippen LogP contribution in [0, 0.1) is 29.3 Å². The molecule has 0 radical (unpaired) electrons. The summed E-state index contributed by atoms with van der Waals surface area (Å²) in [4.78, 5) is 0. The molecule has 2 aliphatic carbocycles. The van der Waals surface area contributed by atoms with Crippen molar-refractivity contribution in [3.63, 3.8) is 0 Å². The Morgan fingerprint density at radius 2 is 1.60 bits per heavy atom. The predicted molar refractivity (Wildman–Crippen MR) is 117 cm³/mol. The summed E-state index contributed by atoms with van der Waals surface area (Å²) in [6.07, 6.45) is 14.1.